The molecule has 2 heterocycles. The van der Waals surface area contributed by atoms with Gasteiger partial charge in [0.2, 0.25) is 0 Å². The van der Waals surface area contributed by atoms with Gasteiger partial charge >= 0.3 is 15.5 Å². The maximum absolute atomic E-state index is 12.8. The van der Waals surface area contributed by atoms with Gasteiger partial charge < -0.3 is 4.90 Å². The Balaban J connectivity index is 1.96. The van der Waals surface area contributed by atoms with E-state index in [9.17, 15) is 21.6 Å². The van der Waals surface area contributed by atoms with Crippen LogP contribution in [-0.2, 0) is 10.0 Å². The van der Waals surface area contributed by atoms with Crippen LogP contribution in [-0.4, -0.2) is 37.2 Å². The molecule has 0 saturated carbocycles. The summed E-state index contributed by atoms with van der Waals surface area (Å²) in [5, 5.41) is 15.0. The molecular weight excluding hydrogens is 405 g/mol. The van der Waals surface area contributed by atoms with E-state index in [1.165, 1.54) is 17.6 Å². The molecule has 3 rings (SSSR count). The monoisotopic (exact) mass is 420 g/mol. The lowest BCUT2D eigenvalue weighted by atomic mass is 10.1. The van der Waals surface area contributed by atoms with Gasteiger partial charge in [-0.05, 0) is 37.5 Å². The van der Waals surface area contributed by atoms with Crippen molar-refractivity contribution in [1.82, 2.24) is 10.2 Å². The molecule has 0 spiro atoms. The second kappa shape index (κ2) is 7.76. The average Bonchev–Trinajstić information content (AvgIpc) is 3.13. The number of anilines is 2. The number of piperidine rings is 1. The molecule has 1 aliphatic rings. The molecule has 146 valence electrons. The van der Waals surface area contributed by atoms with E-state index in [2.05, 4.69) is 20.4 Å². The largest absolute Gasteiger partial charge is 0.516 e. The number of azo groups is 1. The number of hydrogen-bond acceptors (Lipinski definition) is 8. The minimum Gasteiger partial charge on any atom is -0.371 e. The van der Waals surface area contributed by atoms with Crippen LogP contribution in [0.2, 0.25) is 0 Å². The summed E-state index contributed by atoms with van der Waals surface area (Å²) in [4.78, 5) is 1.99. The molecule has 2 aromatic rings. The molecule has 8 nitrogen and oxygen atoms in total. The summed E-state index contributed by atoms with van der Waals surface area (Å²) in [6.45, 7) is 1.49. The van der Waals surface area contributed by atoms with Crippen LogP contribution in [0, 0.1) is 0 Å². The van der Waals surface area contributed by atoms with Crippen molar-refractivity contribution in [2.24, 2.45) is 10.2 Å². The summed E-state index contributed by atoms with van der Waals surface area (Å²) < 4.78 is 63.0. The second-order valence-corrected chi connectivity index (χ2v) is 8.21. The number of alkyl halides is 3. The molecule has 1 aromatic carbocycles. The van der Waals surface area contributed by atoms with E-state index in [0.717, 1.165) is 43.7 Å². The van der Waals surface area contributed by atoms with E-state index in [-0.39, 0.29) is 16.5 Å². The molecule has 1 N–H and O–H groups in total. The zero-order valence-electron chi connectivity index (χ0n) is 13.8. The molecule has 1 aromatic heterocycles. The lowest BCUT2D eigenvalue weighted by Crippen LogP contribution is -2.31. The standard InChI is InChI=1S/C14H15F3N6O2S2/c15-14(16,17)27(24,25)22-12-8-10(23-6-2-1-3-7-23)4-5-11(12)19-21-13-20-18-9-26-13/h4-5,8-9,22H,1-3,6-7H2/b21-19+. The van der Waals surface area contributed by atoms with Crippen LogP contribution in [0.25, 0.3) is 0 Å². The summed E-state index contributed by atoms with van der Waals surface area (Å²) in [6.07, 6.45) is 3.00. The van der Waals surface area contributed by atoms with E-state index >= 15 is 0 Å². The van der Waals surface area contributed by atoms with Crippen molar-refractivity contribution in [2.45, 2.75) is 24.8 Å². The van der Waals surface area contributed by atoms with Crippen LogP contribution < -0.4 is 9.62 Å². The Morgan fingerprint density at radius 2 is 1.89 bits per heavy atom. The Bertz CT molecular complexity index is 909. The highest BCUT2D eigenvalue weighted by Crippen LogP contribution is 2.35. The molecule has 0 aliphatic carbocycles. The molecule has 0 radical (unpaired) electrons. The number of aromatic nitrogens is 2. The van der Waals surface area contributed by atoms with Gasteiger partial charge in [-0.1, -0.05) is 11.3 Å². The Kier molecular flexibility index (Phi) is 5.60. The average molecular weight is 420 g/mol. The molecule has 1 saturated heterocycles. The molecule has 0 atom stereocenters. The van der Waals surface area contributed by atoms with E-state index in [4.69, 9.17) is 0 Å². The van der Waals surface area contributed by atoms with Gasteiger partial charge in [0.15, 0.2) is 0 Å². The van der Waals surface area contributed by atoms with Crippen LogP contribution in [0.4, 0.5) is 35.4 Å². The maximum atomic E-state index is 12.8. The van der Waals surface area contributed by atoms with Gasteiger partial charge in [-0.25, -0.2) is 0 Å². The lowest BCUT2D eigenvalue weighted by Gasteiger charge is -2.29. The predicted octanol–water partition coefficient (Wildman–Crippen LogP) is 4.21. The van der Waals surface area contributed by atoms with Crippen LogP contribution >= 0.6 is 11.3 Å². The zero-order chi connectivity index (χ0) is 19.5. The van der Waals surface area contributed by atoms with Crippen LogP contribution in [0.15, 0.2) is 33.9 Å². The first kappa shape index (κ1) is 19.5. The van der Waals surface area contributed by atoms with Crippen molar-refractivity contribution in [1.29, 1.82) is 0 Å². The number of hydrogen-bond donors (Lipinski definition) is 1. The Morgan fingerprint density at radius 3 is 2.52 bits per heavy atom. The Hall–Kier alpha value is -2.28. The van der Waals surface area contributed by atoms with Gasteiger partial charge in [0.1, 0.15) is 11.2 Å². The lowest BCUT2D eigenvalue weighted by molar-refractivity contribution is -0.0429. The van der Waals surface area contributed by atoms with Crippen molar-refractivity contribution < 1.29 is 21.6 Å². The second-order valence-electron chi connectivity index (χ2n) is 5.72. The highest BCUT2D eigenvalue weighted by molar-refractivity contribution is 7.93. The Labute approximate surface area is 157 Å². The molecule has 0 amide bonds. The molecule has 27 heavy (non-hydrogen) atoms. The molecule has 0 unspecified atom stereocenters. The summed E-state index contributed by atoms with van der Waals surface area (Å²) in [5.41, 5.74) is -3.77. The van der Waals surface area contributed by atoms with Crippen LogP contribution in [0.5, 0.6) is 0 Å². The summed E-state index contributed by atoms with van der Waals surface area (Å²) in [6, 6.07) is 4.43. The quantitative estimate of drug-likeness (QED) is 0.731. The van der Waals surface area contributed by atoms with Crippen LogP contribution in [0.3, 0.4) is 0 Å². The number of benzene rings is 1. The van der Waals surface area contributed by atoms with Crippen molar-refractivity contribution in [2.75, 3.05) is 22.7 Å². The van der Waals surface area contributed by atoms with Crippen molar-refractivity contribution in [3.05, 3.63) is 23.7 Å². The zero-order valence-corrected chi connectivity index (χ0v) is 15.5. The van der Waals surface area contributed by atoms with Gasteiger partial charge in [0.25, 0.3) is 5.13 Å². The van der Waals surface area contributed by atoms with Crippen LogP contribution in [0.1, 0.15) is 19.3 Å². The van der Waals surface area contributed by atoms with Crippen molar-refractivity contribution in [3.8, 4) is 0 Å². The molecule has 0 bridgehead atoms. The fourth-order valence-corrected chi connectivity index (χ4v) is 3.49. The van der Waals surface area contributed by atoms with E-state index in [1.807, 2.05) is 4.90 Å². The van der Waals surface area contributed by atoms with E-state index in [1.54, 1.807) is 10.8 Å². The normalized spacial score (nSPS) is 16.0. The van der Waals surface area contributed by atoms with Gasteiger partial charge in [-0.15, -0.1) is 20.4 Å². The first-order valence-corrected chi connectivity index (χ1v) is 10.3. The van der Waals surface area contributed by atoms with Gasteiger partial charge in [-0.2, -0.15) is 21.6 Å². The number of nitrogens with one attached hydrogen (secondary N) is 1. The third-order valence-corrected chi connectivity index (χ3v) is 5.51. The number of halogens is 3. The minimum atomic E-state index is -5.59. The summed E-state index contributed by atoms with van der Waals surface area (Å²) in [5.74, 6) is 0. The molecular formula is C14H15F3N6O2S2. The van der Waals surface area contributed by atoms with E-state index < -0.39 is 15.5 Å². The molecule has 1 fully saturated rings. The van der Waals surface area contributed by atoms with Gasteiger partial charge in [-0.3, -0.25) is 4.72 Å². The Morgan fingerprint density at radius 1 is 1.15 bits per heavy atom. The third-order valence-electron chi connectivity index (χ3n) is 3.84. The first-order chi connectivity index (χ1) is 12.8. The fraction of sp³-hybridized carbons (Fsp3) is 0.429. The number of sulfonamides is 1. The first-order valence-electron chi connectivity index (χ1n) is 7.92. The maximum Gasteiger partial charge on any atom is 0.516 e. The number of rotatable bonds is 5. The topological polar surface area (TPSA) is 99.9 Å². The fourth-order valence-electron chi connectivity index (χ4n) is 2.55. The highest BCUT2D eigenvalue weighted by Gasteiger charge is 2.46. The molecule has 13 heteroatoms. The van der Waals surface area contributed by atoms with Crippen molar-refractivity contribution >= 4 is 43.6 Å². The summed E-state index contributed by atoms with van der Waals surface area (Å²) in [7, 11) is -5.59. The minimum absolute atomic E-state index is 0.0567. The third kappa shape index (κ3) is 4.71. The smallest absolute Gasteiger partial charge is 0.371 e. The predicted molar refractivity (Wildman–Crippen MR) is 95.2 cm³/mol. The van der Waals surface area contributed by atoms with Gasteiger partial charge in [0, 0.05) is 18.8 Å². The van der Waals surface area contributed by atoms with E-state index in [0.29, 0.717) is 5.69 Å². The highest BCUT2D eigenvalue weighted by atomic mass is 32.2. The molecule has 1 aliphatic heterocycles. The SMILES string of the molecule is O=S(=O)(Nc1cc(N2CCCCC2)ccc1/N=N/c1nncs1)C(F)(F)F. The summed E-state index contributed by atoms with van der Waals surface area (Å²) >= 11 is 1.08. The van der Waals surface area contributed by atoms with Gasteiger partial charge in [0.05, 0.1) is 5.69 Å². The van der Waals surface area contributed by atoms with Crippen molar-refractivity contribution in [3.63, 3.8) is 0 Å². The number of nitrogens with zero attached hydrogens (tertiary/aromatic N) is 5.